The second kappa shape index (κ2) is 10.5. The Morgan fingerprint density at radius 2 is 1.85 bits per heavy atom. The minimum absolute atomic E-state index is 0.0622. The predicted molar refractivity (Wildman–Crippen MR) is 107 cm³/mol. The van der Waals surface area contributed by atoms with Gasteiger partial charge in [0.15, 0.2) is 0 Å². The number of nitrogens with one attached hydrogen (secondary N) is 2. The highest BCUT2D eigenvalue weighted by molar-refractivity contribution is 7.89. The van der Waals surface area contributed by atoms with E-state index in [2.05, 4.69) is 10.6 Å². The van der Waals surface area contributed by atoms with E-state index < -0.39 is 10.0 Å². The number of hydrogen-bond acceptors (Lipinski definition) is 5. The van der Waals surface area contributed by atoms with E-state index in [0.29, 0.717) is 30.9 Å². The fraction of sp³-hybridized carbons (Fsp3) is 0.611. The molecule has 148 valence electrons. The second-order valence-corrected chi connectivity index (χ2v) is 8.23. The summed E-state index contributed by atoms with van der Waals surface area (Å²) in [6.07, 6.45) is 1.77. The molecular weight excluding hydrogens is 352 g/mol. The monoisotopic (exact) mass is 384 g/mol. The first-order valence-electron chi connectivity index (χ1n) is 9.19. The van der Waals surface area contributed by atoms with Crippen molar-refractivity contribution in [2.45, 2.75) is 57.9 Å². The van der Waals surface area contributed by atoms with Gasteiger partial charge < -0.3 is 16.4 Å². The summed E-state index contributed by atoms with van der Waals surface area (Å²) in [5.41, 5.74) is 6.88. The van der Waals surface area contributed by atoms with Gasteiger partial charge in [0.25, 0.3) is 0 Å². The molecule has 1 aromatic rings. The molecule has 4 N–H and O–H groups in total. The summed E-state index contributed by atoms with van der Waals surface area (Å²) in [7, 11) is -3.59. The number of carbonyl (C=O) groups excluding carboxylic acids is 1. The highest BCUT2D eigenvalue weighted by Gasteiger charge is 2.23. The van der Waals surface area contributed by atoms with Crippen LogP contribution in [0.3, 0.4) is 0 Å². The molecule has 1 aromatic carbocycles. The molecule has 0 radical (unpaired) electrons. The number of amides is 1. The van der Waals surface area contributed by atoms with Crippen LogP contribution in [0.4, 0.5) is 11.4 Å². The van der Waals surface area contributed by atoms with Gasteiger partial charge in [-0.2, -0.15) is 4.31 Å². The Kier molecular flexibility index (Phi) is 9.04. The van der Waals surface area contributed by atoms with Crippen LogP contribution in [0.25, 0.3) is 0 Å². The topological polar surface area (TPSA) is 105 Å². The van der Waals surface area contributed by atoms with Crippen LogP contribution in [0.5, 0.6) is 0 Å². The molecular formula is C18H32N4O3S. The third-order valence-electron chi connectivity index (χ3n) is 4.00. The van der Waals surface area contributed by atoms with Crippen LogP contribution in [0.1, 0.15) is 47.0 Å². The van der Waals surface area contributed by atoms with Crippen molar-refractivity contribution in [3.63, 3.8) is 0 Å². The van der Waals surface area contributed by atoms with E-state index >= 15 is 0 Å². The molecule has 0 aliphatic heterocycles. The van der Waals surface area contributed by atoms with Crippen LogP contribution < -0.4 is 16.4 Å². The molecule has 0 aliphatic carbocycles. The molecule has 0 aliphatic rings. The van der Waals surface area contributed by atoms with E-state index in [1.165, 1.54) is 10.4 Å². The predicted octanol–water partition coefficient (Wildman–Crippen LogP) is 2.60. The second-order valence-electron chi connectivity index (χ2n) is 6.29. The van der Waals surface area contributed by atoms with Gasteiger partial charge in [-0.05, 0) is 38.0 Å². The van der Waals surface area contributed by atoms with Crippen molar-refractivity contribution < 1.29 is 13.2 Å². The Balaban J connectivity index is 3.16. The number of hydrogen-bond donors (Lipinski definition) is 3. The normalized spacial score (nSPS) is 12.8. The standard InChI is InChI=1S/C18H32N4O3S/c1-5-12-20-16-10-9-15(26(24,25)22(6-2)7-3)13-17(16)21-18(23)11-8-14(4)19/h9-10,13-14,20H,5-8,11-12,19H2,1-4H3,(H,21,23). The van der Waals surface area contributed by atoms with Crippen molar-refractivity contribution in [2.24, 2.45) is 5.73 Å². The van der Waals surface area contributed by atoms with Gasteiger partial charge in [-0.1, -0.05) is 20.8 Å². The summed E-state index contributed by atoms with van der Waals surface area (Å²) < 4.78 is 26.9. The smallest absolute Gasteiger partial charge is 0.243 e. The number of rotatable bonds is 11. The van der Waals surface area contributed by atoms with Crippen LogP contribution in [0.15, 0.2) is 23.1 Å². The fourth-order valence-corrected chi connectivity index (χ4v) is 3.97. The molecule has 1 atom stereocenters. The molecule has 1 amide bonds. The van der Waals surface area contributed by atoms with Crippen molar-refractivity contribution in [1.82, 2.24) is 4.31 Å². The summed E-state index contributed by atoms with van der Waals surface area (Å²) in [5, 5.41) is 6.04. The van der Waals surface area contributed by atoms with Gasteiger partial charge in [-0.3, -0.25) is 4.79 Å². The molecule has 1 unspecified atom stereocenters. The number of nitrogens with zero attached hydrogens (tertiary/aromatic N) is 1. The van der Waals surface area contributed by atoms with Gasteiger partial charge in [0.2, 0.25) is 15.9 Å². The van der Waals surface area contributed by atoms with E-state index in [-0.39, 0.29) is 23.3 Å². The molecule has 0 heterocycles. The fourth-order valence-electron chi connectivity index (χ4n) is 2.49. The third-order valence-corrected chi connectivity index (χ3v) is 6.05. The SMILES string of the molecule is CCCNc1ccc(S(=O)(=O)N(CC)CC)cc1NC(=O)CCC(C)N. The van der Waals surface area contributed by atoms with Gasteiger partial charge >= 0.3 is 0 Å². The third kappa shape index (κ3) is 6.26. The first-order chi connectivity index (χ1) is 12.3. The number of benzene rings is 1. The number of nitrogens with two attached hydrogens (primary N) is 1. The van der Waals surface area contributed by atoms with Gasteiger partial charge in [0.1, 0.15) is 0 Å². The van der Waals surface area contributed by atoms with E-state index in [1.54, 1.807) is 26.0 Å². The largest absolute Gasteiger partial charge is 0.383 e. The minimum Gasteiger partial charge on any atom is -0.383 e. The minimum atomic E-state index is -3.59. The number of carbonyl (C=O) groups is 1. The van der Waals surface area contributed by atoms with Crippen LogP contribution in [-0.4, -0.2) is 44.3 Å². The maximum atomic E-state index is 12.7. The Morgan fingerprint density at radius 3 is 2.38 bits per heavy atom. The summed E-state index contributed by atoms with van der Waals surface area (Å²) in [5.74, 6) is -0.181. The number of anilines is 2. The highest BCUT2D eigenvalue weighted by atomic mass is 32.2. The molecule has 0 aromatic heterocycles. The van der Waals surface area contributed by atoms with E-state index in [0.717, 1.165) is 13.0 Å². The summed E-state index contributed by atoms with van der Waals surface area (Å²) in [4.78, 5) is 12.4. The van der Waals surface area contributed by atoms with Crippen molar-refractivity contribution >= 4 is 27.3 Å². The zero-order chi connectivity index (χ0) is 19.7. The summed E-state index contributed by atoms with van der Waals surface area (Å²) in [6, 6.07) is 4.74. The summed E-state index contributed by atoms with van der Waals surface area (Å²) in [6.45, 7) is 9.00. The first kappa shape index (κ1) is 22.4. The maximum Gasteiger partial charge on any atom is 0.243 e. The average Bonchev–Trinajstić information content (AvgIpc) is 2.59. The molecule has 7 nitrogen and oxygen atoms in total. The van der Waals surface area contributed by atoms with Crippen molar-refractivity contribution in [3.8, 4) is 0 Å². The molecule has 0 bridgehead atoms. The van der Waals surface area contributed by atoms with Crippen LogP contribution >= 0.6 is 0 Å². The van der Waals surface area contributed by atoms with Crippen LogP contribution in [0, 0.1) is 0 Å². The van der Waals surface area contributed by atoms with Gasteiger partial charge in [0.05, 0.1) is 16.3 Å². The molecule has 8 heteroatoms. The van der Waals surface area contributed by atoms with Crippen LogP contribution in [-0.2, 0) is 14.8 Å². The van der Waals surface area contributed by atoms with E-state index in [9.17, 15) is 13.2 Å². The lowest BCUT2D eigenvalue weighted by Gasteiger charge is -2.20. The maximum absolute atomic E-state index is 12.7. The Hall–Kier alpha value is -1.64. The molecule has 26 heavy (non-hydrogen) atoms. The molecule has 1 rings (SSSR count). The lowest BCUT2D eigenvalue weighted by atomic mass is 10.2. The van der Waals surface area contributed by atoms with Crippen molar-refractivity contribution in [3.05, 3.63) is 18.2 Å². The van der Waals surface area contributed by atoms with Crippen molar-refractivity contribution in [1.29, 1.82) is 0 Å². The molecule has 0 saturated heterocycles. The Morgan fingerprint density at radius 1 is 1.19 bits per heavy atom. The molecule has 0 saturated carbocycles. The Bertz CT molecular complexity index is 686. The van der Waals surface area contributed by atoms with Gasteiger partial charge in [0, 0.05) is 32.1 Å². The zero-order valence-electron chi connectivity index (χ0n) is 16.2. The van der Waals surface area contributed by atoms with Crippen molar-refractivity contribution in [2.75, 3.05) is 30.3 Å². The van der Waals surface area contributed by atoms with Gasteiger partial charge in [-0.15, -0.1) is 0 Å². The van der Waals surface area contributed by atoms with E-state index in [4.69, 9.17) is 5.73 Å². The highest BCUT2D eigenvalue weighted by Crippen LogP contribution is 2.27. The first-order valence-corrected chi connectivity index (χ1v) is 10.6. The van der Waals surface area contributed by atoms with Crippen LogP contribution in [0.2, 0.25) is 0 Å². The lowest BCUT2D eigenvalue weighted by molar-refractivity contribution is -0.116. The van der Waals surface area contributed by atoms with Gasteiger partial charge in [-0.25, -0.2) is 8.42 Å². The zero-order valence-corrected chi connectivity index (χ0v) is 17.0. The van der Waals surface area contributed by atoms with E-state index in [1.807, 2.05) is 13.8 Å². The quantitative estimate of drug-likeness (QED) is 0.544. The molecule has 0 spiro atoms. The average molecular weight is 385 g/mol. The molecule has 0 fully saturated rings. The Labute approximate surface area is 157 Å². The number of sulfonamides is 1. The summed E-state index contributed by atoms with van der Waals surface area (Å²) >= 11 is 0. The lowest BCUT2D eigenvalue weighted by Crippen LogP contribution is -2.30.